The minimum Gasteiger partial charge on any atom is -0.396 e. The number of carbonyl (C=O) groups excluding carboxylic acids is 4. The molecule has 2 fully saturated rings. The van der Waals surface area contributed by atoms with Crippen LogP contribution in [0.4, 0.5) is 4.79 Å². The predicted molar refractivity (Wildman–Crippen MR) is 147 cm³/mol. The molecule has 13 nitrogen and oxygen atoms in total. The Morgan fingerprint density at radius 3 is 2.46 bits per heavy atom. The Morgan fingerprint density at radius 1 is 1.05 bits per heavy atom. The van der Waals surface area contributed by atoms with Crippen molar-refractivity contribution < 1.29 is 34.2 Å². The standard InChI is InChI=1S/C28H34N6O7/c35-24-13-16-32(31-26(38)21-10-5-2-6-11-21)28(40)34-23(12-7-15-33(24)34)27(39)30-22(18-25(36)37)19-29-41-17-14-20-8-3-1-4-9-20/h1-6,8-11,19,22-23,25,36-37H,7,12-18H2,(H,30,39)(H,31,38)/b29-19+/t22-,23-/m0/s1. The van der Waals surface area contributed by atoms with Gasteiger partial charge in [-0.1, -0.05) is 53.7 Å². The zero-order chi connectivity index (χ0) is 29.2. The third-order valence-electron chi connectivity index (χ3n) is 6.67. The summed E-state index contributed by atoms with van der Waals surface area (Å²) in [5.41, 5.74) is 3.94. The van der Waals surface area contributed by atoms with Gasteiger partial charge < -0.3 is 20.4 Å². The van der Waals surface area contributed by atoms with E-state index in [1.54, 1.807) is 30.3 Å². The highest BCUT2D eigenvalue weighted by Gasteiger charge is 2.44. The lowest BCUT2D eigenvalue weighted by Crippen LogP contribution is -2.64. The molecule has 2 saturated heterocycles. The number of oxime groups is 1. The van der Waals surface area contributed by atoms with Gasteiger partial charge >= 0.3 is 6.03 Å². The van der Waals surface area contributed by atoms with E-state index in [2.05, 4.69) is 15.9 Å². The van der Waals surface area contributed by atoms with Gasteiger partial charge in [0, 0.05) is 31.4 Å². The normalized spacial score (nSPS) is 18.2. The van der Waals surface area contributed by atoms with E-state index in [0.29, 0.717) is 18.4 Å². The lowest BCUT2D eigenvalue weighted by Gasteiger charge is -2.43. The van der Waals surface area contributed by atoms with Crippen molar-refractivity contribution in [1.29, 1.82) is 0 Å². The monoisotopic (exact) mass is 566 g/mol. The van der Waals surface area contributed by atoms with Crippen LogP contribution in [0.3, 0.4) is 0 Å². The van der Waals surface area contributed by atoms with Crippen LogP contribution in [0.25, 0.3) is 0 Å². The highest BCUT2D eigenvalue weighted by atomic mass is 16.6. The largest absolute Gasteiger partial charge is 0.396 e. The van der Waals surface area contributed by atoms with E-state index in [1.807, 2.05) is 30.3 Å². The van der Waals surface area contributed by atoms with E-state index in [4.69, 9.17) is 4.84 Å². The average molecular weight is 567 g/mol. The average Bonchev–Trinajstić information content (AvgIpc) is 3.09. The zero-order valence-corrected chi connectivity index (χ0v) is 22.5. The first-order valence-electron chi connectivity index (χ1n) is 13.5. The lowest BCUT2D eigenvalue weighted by molar-refractivity contribution is -0.155. The van der Waals surface area contributed by atoms with Crippen molar-refractivity contribution >= 4 is 30.0 Å². The summed E-state index contributed by atoms with van der Waals surface area (Å²) in [6, 6.07) is 15.2. The van der Waals surface area contributed by atoms with E-state index in [-0.39, 0.29) is 44.9 Å². The maximum atomic E-state index is 13.6. The fourth-order valence-corrected chi connectivity index (χ4v) is 4.63. The maximum Gasteiger partial charge on any atom is 0.358 e. The van der Waals surface area contributed by atoms with E-state index in [9.17, 15) is 29.4 Å². The quantitative estimate of drug-likeness (QED) is 0.135. The van der Waals surface area contributed by atoms with Gasteiger partial charge in [-0.25, -0.2) is 19.8 Å². The Labute approximate surface area is 237 Å². The summed E-state index contributed by atoms with van der Waals surface area (Å²) in [5.74, 6) is -1.50. The fourth-order valence-electron chi connectivity index (χ4n) is 4.63. The molecule has 0 aromatic heterocycles. The van der Waals surface area contributed by atoms with Gasteiger partial charge in [0.05, 0.1) is 18.8 Å². The zero-order valence-electron chi connectivity index (χ0n) is 22.5. The number of aliphatic hydroxyl groups is 2. The highest BCUT2D eigenvalue weighted by molar-refractivity contribution is 5.96. The number of aliphatic hydroxyl groups excluding tert-OH is 1. The smallest absolute Gasteiger partial charge is 0.358 e. The fraction of sp³-hybridized carbons (Fsp3) is 0.393. The molecule has 0 spiro atoms. The Morgan fingerprint density at radius 2 is 1.76 bits per heavy atom. The molecule has 0 bridgehead atoms. The summed E-state index contributed by atoms with van der Waals surface area (Å²) in [5, 5.41) is 29.0. The van der Waals surface area contributed by atoms with Crippen LogP contribution in [-0.4, -0.2) is 93.3 Å². The summed E-state index contributed by atoms with van der Waals surface area (Å²) in [7, 11) is 0. The molecule has 5 amide bonds. The molecule has 41 heavy (non-hydrogen) atoms. The molecule has 0 radical (unpaired) electrons. The number of nitrogens with one attached hydrogen (secondary N) is 2. The molecule has 2 aliphatic heterocycles. The predicted octanol–water partition coefficient (Wildman–Crippen LogP) is 0.796. The van der Waals surface area contributed by atoms with Crippen LogP contribution in [0.5, 0.6) is 0 Å². The minimum atomic E-state index is -1.75. The molecule has 4 N–H and O–H groups in total. The van der Waals surface area contributed by atoms with Gasteiger partial charge in [-0.05, 0) is 30.5 Å². The number of rotatable bonds is 11. The third-order valence-corrected chi connectivity index (χ3v) is 6.67. The molecule has 2 atom stereocenters. The topological polar surface area (TPSA) is 164 Å². The molecule has 13 heteroatoms. The number of hydrogen-bond donors (Lipinski definition) is 4. The lowest BCUT2D eigenvalue weighted by atomic mass is 10.1. The number of urea groups is 1. The first-order valence-corrected chi connectivity index (χ1v) is 13.5. The summed E-state index contributed by atoms with van der Waals surface area (Å²) < 4.78 is 0. The SMILES string of the molecule is O=C(NN1CCC(=O)N2CCC[C@@H](C(=O)N[C@H](/C=N/OCCc3ccccc3)CC(O)O)N2C1=O)c1ccccc1. The van der Waals surface area contributed by atoms with Crippen molar-refractivity contribution in [2.24, 2.45) is 5.16 Å². The molecular weight excluding hydrogens is 532 g/mol. The summed E-state index contributed by atoms with van der Waals surface area (Å²) in [6.45, 7) is 0.448. The van der Waals surface area contributed by atoms with Gasteiger partial charge in [0.15, 0.2) is 6.29 Å². The van der Waals surface area contributed by atoms with Gasteiger partial charge in [-0.15, -0.1) is 0 Å². The van der Waals surface area contributed by atoms with Crippen LogP contribution < -0.4 is 10.7 Å². The van der Waals surface area contributed by atoms with E-state index < -0.39 is 36.2 Å². The maximum absolute atomic E-state index is 13.6. The molecule has 0 unspecified atom stereocenters. The van der Waals surface area contributed by atoms with Gasteiger partial charge in [0.2, 0.25) is 11.8 Å². The number of carbonyl (C=O) groups is 4. The Balaban J connectivity index is 1.43. The number of nitrogens with zero attached hydrogens (tertiary/aromatic N) is 4. The van der Waals surface area contributed by atoms with Crippen molar-refractivity contribution in [3.05, 3.63) is 71.8 Å². The molecule has 2 aromatic rings. The van der Waals surface area contributed by atoms with E-state index in [0.717, 1.165) is 15.6 Å². The molecule has 0 aliphatic carbocycles. The minimum absolute atomic E-state index is 0.0437. The number of amides is 5. The number of hydrogen-bond acceptors (Lipinski definition) is 8. The Kier molecular flexibility index (Phi) is 10.2. The molecule has 0 saturated carbocycles. The third kappa shape index (κ3) is 8.02. The molecule has 2 heterocycles. The molecule has 2 aromatic carbocycles. The van der Waals surface area contributed by atoms with Crippen molar-refractivity contribution in [3.63, 3.8) is 0 Å². The van der Waals surface area contributed by atoms with Crippen LogP contribution in [0.15, 0.2) is 65.8 Å². The molecular formula is C28H34N6O7. The van der Waals surface area contributed by atoms with Gasteiger partial charge in [-0.2, -0.15) is 0 Å². The summed E-state index contributed by atoms with van der Waals surface area (Å²) in [4.78, 5) is 57.9. The first-order chi connectivity index (χ1) is 19.8. The van der Waals surface area contributed by atoms with Gasteiger partial charge in [0.25, 0.3) is 5.91 Å². The van der Waals surface area contributed by atoms with Crippen molar-refractivity contribution in [2.75, 3.05) is 19.7 Å². The Hall–Kier alpha value is -4.49. The van der Waals surface area contributed by atoms with Crippen LogP contribution in [0.1, 0.15) is 41.6 Å². The number of fused-ring (bicyclic) bond motifs is 1. The highest BCUT2D eigenvalue weighted by Crippen LogP contribution is 2.24. The second kappa shape index (κ2) is 14.2. The summed E-state index contributed by atoms with van der Waals surface area (Å²) >= 11 is 0. The number of benzene rings is 2. The summed E-state index contributed by atoms with van der Waals surface area (Å²) in [6.07, 6.45) is 0.513. The molecule has 4 rings (SSSR count). The van der Waals surface area contributed by atoms with Crippen molar-refractivity contribution in [3.8, 4) is 0 Å². The molecule has 2 aliphatic rings. The Bertz CT molecular complexity index is 1230. The van der Waals surface area contributed by atoms with Gasteiger partial charge in [-0.3, -0.25) is 19.8 Å². The number of hydrazine groups is 2. The van der Waals surface area contributed by atoms with Crippen molar-refractivity contribution in [2.45, 2.75) is 50.5 Å². The van der Waals surface area contributed by atoms with Crippen LogP contribution >= 0.6 is 0 Å². The van der Waals surface area contributed by atoms with Crippen LogP contribution in [0.2, 0.25) is 0 Å². The van der Waals surface area contributed by atoms with Crippen LogP contribution in [-0.2, 0) is 20.8 Å². The van der Waals surface area contributed by atoms with Crippen LogP contribution in [0, 0.1) is 0 Å². The van der Waals surface area contributed by atoms with Gasteiger partial charge in [0.1, 0.15) is 12.6 Å². The van der Waals surface area contributed by atoms with Crippen molar-refractivity contribution in [1.82, 2.24) is 25.8 Å². The van der Waals surface area contributed by atoms with E-state index in [1.165, 1.54) is 11.2 Å². The second-order valence-electron chi connectivity index (χ2n) is 9.67. The second-order valence-corrected chi connectivity index (χ2v) is 9.67. The first kappa shape index (κ1) is 29.5. The van der Waals surface area contributed by atoms with E-state index >= 15 is 0 Å². The molecule has 218 valence electrons.